The number of pyridine rings is 1. The number of aromatic nitrogens is 5. The normalized spacial score (nSPS) is 10.7. The first-order valence-electron chi connectivity index (χ1n) is 5.25. The molecule has 1 N–H and O–H groups in total. The molecule has 0 aliphatic rings. The molecular formula is C11H7N5O2S. The SMILES string of the molecule is O=C(O)c1ccc(Sc2nccn3cnnc23)nc1. The summed E-state index contributed by atoms with van der Waals surface area (Å²) in [5.41, 5.74) is 0.787. The minimum atomic E-state index is -0.998. The first-order valence-corrected chi connectivity index (χ1v) is 6.07. The van der Waals surface area contributed by atoms with Crippen molar-refractivity contribution >= 4 is 23.4 Å². The quantitative estimate of drug-likeness (QED) is 0.770. The number of rotatable bonds is 3. The fourth-order valence-corrected chi connectivity index (χ4v) is 2.26. The van der Waals surface area contributed by atoms with Crippen molar-refractivity contribution in [1.29, 1.82) is 0 Å². The van der Waals surface area contributed by atoms with E-state index >= 15 is 0 Å². The van der Waals surface area contributed by atoms with E-state index in [4.69, 9.17) is 5.11 Å². The largest absolute Gasteiger partial charge is 0.478 e. The minimum absolute atomic E-state index is 0.151. The third-order valence-corrected chi connectivity index (χ3v) is 3.30. The van der Waals surface area contributed by atoms with Crippen molar-refractivity contribution in [1.82, 2.24) is 24.6 Å². The average molecular weight is 273 g/mol. The Morgan fingerprint density at radius 2 is 2.21 bits per heavy atom. The molecule has 3 rings (SSSR count). The van der Waals surface area contributed by atoms with Gasteiger partial charge in [0.25, 0.3) is 0 Å². The molecule has 0 aromatic carbocycles. The molecule has 8 heteroatoms. The Bertz CT molecular complexity index is 740. The molecule has 0 saturated heterocycles. The van der Waals surface area contributed by atoms with Crippen molar-refractivity contribution in [3.63, 3.8) is 0 Å². The second-order valence-electron chi connectivity index (χ2n) is 3.59. The van der Waals surface area contributed by atoms with E-state index in [0.717, 1.165) is 0 Å². The van der Waals surface area contributed by atoms with Crippen molar-refractivity contribution in [2.75, 3.05) is 0 Å². The lowest BCUT2D eigenvalue weighted by molar-refractivity contribution is 0.0696. The maximum atomic E-state index is 10.7. The molecule has 0 saturated carbocycles. The zero-order valence-electron chi connectivity index (χ0n) is 9.46. The Hall–Kier alpha value is -2.48. The minimum Gasteiger partial charge on any atom is -0.478 e. The van der Waals surface area contributed by atoms with Crippen molar-refractivity contribution in [3.8, 4) is 0 Å². The van der Waals surface area contributed by atoms with Crippen LogP contribution >= 0.6 is 11.8 Å². The third-order valence-electron chi connectivity index (χ3n) is 2.37. The summed E-state index contributed by atoms with van der Waals surface area (Å²) in [7, 11) is 0. The van der Waals surface area contributed by atoms with Crippen LogP contribution in [0, 0.1) is 0 Å². The van der Waals surface area contributed by atoms with Gasteiger partial charge in [-0.05, 0) is 23.9 Å². The van der Waals surface area contributed by atoms with Gasteiger partial charge in [-0.2, -0.15) is 0 Å². The number of hydrogen-bond acceptors (Lipinski definition) is 6. The van der Waals surface area contributed by atoms with Gasteiger partial charge in [0, 0.05) is 18.6 Å². The van der Waals surface area contributed by atoms with Crippen LogP contribution < -0.4 is 0 Å². The Morgan fingerprint density at radius 3 is 2.95 bits per heavy atom. The van der Waals surface area contributed by atoms with E-state index in [1.807, 2.05) is 0 Å². The lowest BCUT2D eigenvalue weighted by Crippen LogP contribution is -1.97. The van der Waals surface area contributed by atoms with Crippen LogP contribution in [0.4, 0.5) is 0 Å². The van der Waals surface area contributed by atoms with Gasteiger partial charge >= 0.3 is 5.97 Å². The van der Waals surface area contributed by atoms with E-state index in [9.17, 15) is 4.79 Å². The van der Waals surface area contributed by atoms with Crippen LogP contribution in [-0.2, 0) is 0 Å². The zero-order valence-corrected chi connectivity index (χ0v) is 10.3. The summed E-state index contributed by atoms with van der Waals surface area (Å²) in [4.78, 5) is 19.0. The molecule has 19 heavy (non-hydrogen) atoms. The molecule has 0 radical (unpaired) electrons. The molecule has 3 aromatic rings. The summed E-state index contributed by atoms with van der Waals surface area (Å²) in [6.45, 7) is 0. The highest BCUT2D eigenvalue weighted by Crippen LogP contribution is 2.26. The van der Waals surface area contributed by atoms with E-state index in [1.165, 1.54) is 24.0 Å². The summed E-state index contributed by atoms with van der Waals surface area (Å²) >= 11 is 1.30. The van der Waals surface area contributed by atoms with Gasteiger partial charge < -0.3 is 5.11 Å². The highest BCUT2D eigenvalue weighted by atomic mass is 32.2. The Balaban J connectivity index is 1.92. The fraction of sp³-hybridized carbons (Fsp3) is 0. The number of fused-ring (bicyclic) bond motifs is 1. The molecule has 94 valence electrons. The topological polar surface area (TPSA) is 93.3 Å². The molecule has 0 aliphatic heterocycles. The number of hydrogen-bond donors (Lipinski definition) is 1. The summed E-state index contributed by atoms with van der Waals surface area (Å²) in [6.07, 6.45) is 6.29. The molecule has 0 atom stereocenters. The highest BCUT2D eigenvalue weighted by molar-refractivity contribution is 7.99. The van der Waals surface area contributed by atoms with Gasteiger partial charge in [0.2, 0.25) is 0 Å². The smallest absolute Gasteiger partial charge is 0.337 e. The lowest BCUT2D eigenvalue weighted by atomic mass is 10.3. The fourth-order valence-electron chi connectivity index (χ4n) is 1.47. The number of nitrogens with zero attached hydrogens (tertiary/aromatic N) is 5. The number of carboxylic acid groups (broad SMARTS) is 1. The van der Waals surface area contributed by atoms with Gasteiger partial charge in [0.1, 0.15) is 16.4 Å². The van der Waals surface area contributed by atoms with Gasteiger partial charge in [-0.1, -0.05) is 0 Å². The molecule has 0 fully saturated rings. The van der Waals surface area contributed by atoms with E-state index in [2.05, 4.69) is 20.2 Å². The second-order valence-corrected chi connectivity index (χ2v) is 4.60. The highest BCUT2D eigenvalue weighted by Gasteiger charge is 2.09. The molecule has 0 bridgehead atoms. The maximum Gasteiger partial charge on any atom is 0.337 e. The molecular weight excluding hydrogens is 266 g/mol. The Kier molecular flexibility index (Phi) is 2.84. The van der Waals surface area contributed by atoms with Crippen molar-refractivity contribution in [2.45, 2.75) is 10.1 Å². The number of carboxylic acids is 1. The first kappa shape index (κ1) is 11.6. The van der Waals surface area contributed by atoms with Gasteiger partial charge in [-0.25, -0.2) is 14.8 Å². The second kappa shape index (κ2) is 4.65. The van der Waals surface area contributed by atoms with Crippen LogP contribution in [0.5, 0.6) is 0 Å². The predicted molar refractivity (Wildman–Crippen MR) is 66.1 cm³/mol. The van der Waals surface area contributed by atoms with E-state index in [-0.39, 0.29) is 5.56 Å². The molecule has 3 heterocycles. The van der Waals surface area contributed by atoms with Crippen LogP contribution in [0.25, 0.3) is 5.65 Å². The monoisotopic (exact) mass is 273 g/mol. The molecule has 3 aromatic heterocycles. The van der Waals surface area contributed by atoms with Gasteiger partial charge in [-0.15, -0.1) is 10.2 Å². The summed E-state index contributed by atoms with van der Waals surface area (Å²) in [6, 6.07) is 3.14. The molecule has 0 spiro atoms. The van der Waals surface area contributed by atoms with Crippen molar-refractivity contribution in [3.05, 3.63) is 42.6 Å². The first-order chi connectivity index (χ1) is 9.24. The van der Waals surface area contributed by atoms with Gasteiger partial charge in [0.15, 0.2) is 5.65 Å². The van der Waals surface area contributed by atoms with Crippen molar-refractivity contribution < 1.29 is 9.90 Å². The summed E-state index contributed by atoms with van der Waals surface area (Å²) < 4.78 is 1.75. The number of carbonyl (C=O) groups is 1. The third kappa shape index (κ3) is 2.25. The number of aromatic carboxylic acids is 1. The lowest BCUT2D eigenvalue weighted by Gasteiger charge is -2.01. The van der Waals surface area contributed by atoms with Crippen molar-refractivity contribution in [2.24, 2.45) is 0 Å². The van der Waals surface area contributed by atoms with Crippen LogP contribution in [0.1, 0.15) is 10.4 Å². The van der Waals surface area contributed by atoms with Crippen LogP contribution in [-0.4, -0.2) is 35.6 Å². The zero-order chi connectivity index (χ0) is 13.2. The predicted octanol–water partition coefficient (Wildman–Crippen LogP) is 1.37. The summed E-state index contributed by atoms with van der Waals surface area (Å²) in [5, 5.41) is 17.9. The maximum absolute atomic E-state index is 10.7. The molecule has 0 amide bonds. The van der Waals surface area contributed by atoms with E-state index < -0.39 is 5.97 Å². The van der Waals surface area contributed by atoms with Crippen LogP contribution in [0.15, 0.2) is 47.1 Å². The summed E-state index contributed by atoms with van der Waals surface area (Å²) in [5.74, 6) is -0.998. The van der Waals surface area contributed by atoms with Crippen LogP contribution in [0.2, 0.25) is 0 Å². The van der Waals surface area contributed by atoms with Crippen LogP contribution in [0.3, 0.4) is 0 Å². The van der Waals surface area contributed by atoms with Gasteiger partial charge in [-0.3, -0.25) is 4.40 Å². The van der Waals surface area contributed by atoms with Gasteiger partial charge in [0.05, 0.1) is 5.56 Å². The standard InChI is InChI=1S/C11H7N5O2S/c17-11(18)7-1-2-8(13-5-7)19-10-9-15-14-6-16(9)4-3-12-10/h1-6H,(H,17,18). The molecule has 7 nitrogen and oxygen atoms in total. The Labute approximate surface area is 111 Å². The van der Waals surface area contributed by atoms with E-state index in [0.29, 0.717) is 15.7 Å². The molecule has 0 aliphatic carbocycles. The van der Waals surface area contributed by atoms with E-state index in [1.54, 1.807) is 29.2 Å². The average Bonchev–Trinajstić information content (AvgIpc) is 2.89. The Morgan fingerprint density at radius 1 is 1.32 bits per heavy atom. The molecule has 0 unspecified atom stereocenters.